The summed E-state index contributed by atoms with van der Waals surface area (Å²) in [6, 6.07) is 0.475. The summed E-state index contributed by atoms with van der Waals surface area (Å²) in [6.07, 6.45) is 4.09. The highest BCUT2D eigenvalue weighted by atomic mass is 32.2. The predicted molar refractivity (Wildman–Crippen MR) is 67.9 cm³/mol. The zero-order valence-electron chi connectivity index (χ0n) is 10.6. The number of rotatable bonds is 5. The Hall–Kier alpha value is -0.170. The molecular formula is C11H23N3O2S. The first kappa shape index (κ1) is 13.3. The van der Waals surface area contributed by atoms with E-state index >= 15 is 0 Å². The maximum atomic E-state index is 12.1. The highest BCUT2D eigenvalue weighted by Gasteiger charge is 2.30. The molecule has 0 aromatic heterocycles. The minimum atomic E-state index is -3.28. The quantitative estimate of drug-likeness (QED) is 0.748. The molecular weight excluding hydrogens is 238 g/mol. The van der Waals surface area contributed by atoms with Crippen LogP contribution >= 0.6 is 0 Å². The summed E-state index contributed by atoms with van der Waals surface area (Å²) >= 11 is 0. The van der Waals surface area contributed by atoms with Crippen LogP contribution in [0.1, 0.15) is 32.6 Å². The second kappa shape index (κ2) is 5.22. The lowest BCUT2D eigenvalue weighted by atomic mass is 10.0. The molecule has 100 valence electrons. The van der Waals surface area contributed by atoms with Crippen LogP contribution in [0.25, 0.3) is 0 Å². The molecule has 2 fully saturated rings. The Balaban J connectivity index is 1.86. The van der Waals surface area contributed by atoms with E-state index in [1.54, 1.807) is 7.05 Å². The van der Waals surface area contributed by atoms with Crippen molar-refractivity contribution in [2.24, 2.45) is 5.92 Å². The molecule has 2 N–H and O–H groups in total. The molecule has 0 spiro atoms. The van der Waals surface area contributed by atoms with Gasteiger partial charge in [-0.15, -0.1) is 0 Å². The Labute approximate surface area is 104 Å². The molecule has 0 amide bonds. The minimum absolute atomic E-state index is 0.0814. The second-order valence-electron chi connectivity index (χ2n) is 5.42. The third kappa shape index (κ3) is 3.91. The van der Waals surface area contributed by atoms with E-state index in [-0.39, 0.29) is 6.04 Å². The minimum Gasteiger partial charge on any atom is -0.314 e. The Morgan fingerprint density at radius 2 is 2.06 bits per heavy atom. The van der Waals surface area contributed by atoms with Gasteiger partial charge in [0.05, 0.1) is 0 Å². The van der Waals surface area contributed by atoms with Gasteiger partial charge in [0.2, 0.25) is 0 Å². The van der Waals surface area contributed by atoms with Gasteiger partial charge in [-0.05, 0) is 45.1 Å². The molecule has 1 aliphatic heterocycles. The molecule has 1 saturated carbocycles. The molecule has 17 heavy (non-hydrogen) atoms. The molecule has 2 unspecified atom stereocenters. The highest BCUT2D eigenvalue weighted by molar-refractivity contribution is 7.87. The van der Waals surface area contributed by atoms with Gasteiger partial charge in [-0.25, -0.2) is 0 Å². The maximum Gasteiger partial charge on any atom is 0.279 e. The molecule has 2 rings (SSSR count). The summed E-state index contributed by atoms with van der Waals surface area (Å²) in [5, 5.41) is 3.32. The molecule has 0 radical (unpaired) electrons. The third-order valence-electron chi connectivity index (χ3n) is 3.56. The Morgan fingerprint density at radius 3 is 2.65 bits per heavy atom. The first-order valence-electron chi connectivity index (χ1n) is 6.44. The van der Waals surface area contributed by atoms with Crippen molar-refractivity contribution in [1.29, 1.82) is 0 Å². The fourth-order valence-corrected chi connectivity index (χ4v) is 3.52. The number of hydrogen-bond donors (Lipinski definition) is 2. The van der Waals surface area contributed by atoms with Crippen LogP contribution in [0, 0.1) is 5.92 Å². The maximum absolute atomic E-state index is 12.1. The van der Waals surface area contributed by atoms with Gasteiger partial charge in [0.1, 0.15) is 0 Å². The van der Waals surface area contributed by atoms with E-state index in [0.29, 0.717) is 18.5 Å². The molecule has 6 heteroatoms. The summed E-state index contributed by atoms with van der Waals surface area (Å²) in [7, 11) is -1.61. The van der Waals surface area contributed by atoms with Crippen LogP contribution in [0.5, 0.6) is 0 Å². The monoisotopic (exact) mass is 261 g/mol. The zero-order chi connectivity index (χ0) is 12.5. The molecule has 0 aromatic rings. The molecule has 2 aliphatic rings. The van der Waals surface area contributed by atoms with Crippen molar-refractivity contribution in [3.8, 4) is 0 Å². The SMILES string of the molecule is CC1CC(NS(=O)(=O)N(C)CC2CC2)CCN1. The predicted octanol–water partition coefficient (Wildman–Crippen LogP) is 0.303. The van der Waals surface area contributed by atoms with E-state index in [9.17, 15) is 8.42 Å². The first-order chi connectivity index (χ1) is 7.97. The van der Waals surface area contributed by atoms with E-state index in [1.807, 2.05) is 0 Å². The molecule has 1 saturated heterocycles. The van der Waals surface area contributed by atoms with Crippen molar-refractivity contribution in [3.05, 3.63) is 0 Å². The average molecular weight is 261 g/mol. The number of piperidine rings is 1. The summed E-state index contributed by atoms with van der Waals surface area (Å²) in [5.41, 5.74) is 0. The number of nitrogens with zero attached hydrogens (tertiary/aromatic N) is 1. The smallest absolute Gasteiger partial charge is 0.279 e. The molecule has 2 atom stereocenters. The molecule has 0 bridgehead atoms. The average Bonchev–Trinajstić information content (AvgIpc) is 3.00. The van der Waals surface area contributed by atoms with Gasteiger partial charge >= 0.3 is 0 Å². The van der Waals surface area contributed by atoms with Crippen LogP contribution in [0.2, 0.25) is 0 Å². The second-order valence-corrected chi connectivity index (χ2v) is 7.23. The van der Waals surface area contributed by atoms with Crippen LogP contribution in [0.3, 0.4) is 0 Å². The van der Waals surface area contributed by atoms with Crippen LogP contribution in [0.4, 0.5) is 0 Å². The van der Waals surface area contributed by atoms with Crippen LogP contribution in [-0.4, -0.2) is 44.9 Å². The topological polar surface area (TPSA) is 61.4 Å². The van der Waals surface area contributed by atoms with E-state index in [2.05, 4.69) is 17.0 Å². The van der Waals surface area contributed by atoms with Gasteiger partial charge in [-0.3, -0.25) is 0 Å². The van der Waals surface area contributed by atoms with E-state index in [4.69, 9.17) is 0 Å². The van der Waals surface area contributed by atoms with Crippen molar-refractivity contribution in [2.75, 3.05) is 20.1 Å². The van der Waals surface area contributed by atoms with Crippen molar-refractivity contribution in [3.63, 3.8) is 0 Å². The Morgan fingerprint density at radius 1 is 1.35 bits per heavy atom. The number of nitrogens with one attached hydrogen (secondary N) is 2. The standard InChI is InChI=1S/C11H23N3O2S/c1-9-7-11(5-6-12-9)13-17(15,16)14(2)8-10-3-4-10/h9-13H,3-8H2,1-2H3. The lowest BCUT2D eigenvalue weighted by molar-refractivity contribution is 0.350. The lowest BCUT2D eigenvalue weighted by Crippen LogP contribution is -2.50. The third-order valence-corrected chi connectivity index (χ3v) is 5.16. The van der Waals surface area contributed by atoms with Crippen LogP contribution in [-0.2, 0) is 10.2 Å². The normalized spacial score (nSPS) is 30.8. The summed E-state index contributed by atoms with van der Waals surface area (Å²) in [5.74, 6) is 0.587. The zero-order valence-corrected chi connectivity index (χ0v) is 11.5. The van der Waals surface area contributed by atoms with Gasteiger partial charge in [0.15, 0.2) is 0 Å². The van der Waals surface area contributed by atoms with Gasteiger partial charge < -0.3 is 5.32 Å². The Bertz CT molecular complexity index is 354. The van der Waals surface area contributed by atoms with Gasteiger partial charge in [-0.1, -0.05) is 0 Å². The summed E-state index contributed by atoms with van der Waals surface area (Å²) < 4.78 is 28.4. The van der Waals surface area contributed by atoms with Crippen LogP contribution < -0.4 is 10.0 Å². The molecule has 1 heterocycles. The van der Waals surface area contributed by atoms with Crippen molar-refractivity contribution >= 4 is 10.2 Å². The van der Waals surface area contributed by atoms with E-state index < -0.39 is 10.2 Å². The van der Waals surface area contributed by atoms with E-state index in [1.165, 1.54) is 17.1 Å². The lowest BCUT2D eigenvalue weighted by Gasteiger charge is -2.30. The largest absolute Gasteiger partial charge is 0.314 e. The summed E-state index contributed by atoms with van der Waals surface area (Å²) in [4.78, 5) is 0. The molecule has 1 aliphatic carbocycles. The first-order valence-corrected chi connectivity index (χ1v) is 7.88. The molecule has 0 aromatic carbocycles. The van der Waals surface area contributed by atoms with Crippen LogP contribution in [0.15, 0.2) is 0 Å². The fraction of sp³-hybridized carbons (Fsp3) is 1.00. The van der Waals surface area contributed by atoms with Crippen molar-refractivity contribution < 1.29 is 8.42 Å². The molecule has 5 nitrogen and oxygen atoms in total. The van der Waals surface area contributed by atoms with Crippen molar-refractivity contribution in [2.45, 2.75) is 44.7 Å². The Kier molecular flexibility index (Phi) is 4.07. The van der Waals surface area contributed by atoms with Gasteiger partial charge in [0.25, 0.3) is 10.2 Å². The van der Waals surface area contributed by atoms with E-state index in [0.717, 1.165) is 19.4 Å². The number of hydrogen-bond acceptors (Lipinski definition) is 3. The fourth-order valence-electron chi connectivity index (χ4n) is 2.30. The summed E-state index contributed by atoms with van der Waals surface area (Å²) in [6.45, 7) is 3.64. The van der Waals surface area contributed by atoms with Gasteiger partial charge in [-0.2, -0.15) is 17.4 Å². The van der Waals surface area contributed by atoms with Gasteiger partial charge in [0, 0.05) is 25.7 Å². The van der Waals surface area contributed by atoms with Crippen molar-refractivity contribution in [1.82, 2.24) is 14.3 Å². The highest BCUT2D eigenvalue weighted by Crippen LogP contribution is 2.29.